The zero-order chi connectivity index (χ0) is 23.6. The van der Waals surface area contributed by atoms with Crippen molar-refractivity contribution in [3.63, 3.8) is 0 Å². The average Bonchev–Trinajstić information content (AvgIpc) is 2.77. The number of carbonyl (C=O) groups excluding carboxylic acids is 1. The third kappa shape index (κ3) is 5.51. The zero-order valence-electron chi connectivity index (χ0n) is 16.7. The second kappa shape index (κ2) is 9.48. The summed E-state index contributed by atoms with van der Waals surface area (Å²) in [5, 5.41) is 3.05. The van der Waals surface area contributed by atoms with E-state index in [1.165, 1.54) is 36.4 Å². The quantitative estimate of drug-likeness (QED) is 0.171. The number of halogens is 5. The number of rotatable bonds is 5. The van der Waals surface area contributed by atoms with Crippen molar-refractivity contribution in [3.8, 4) is 11.4 Å². The summed E-state index contributed by atoms with van der Waals surface area (Å²) in [7, 11) is 0. The number of nitrogens with zero attached hydrogens (tertiary/aromatic N) is 2. The topological polar surface area (TPSA) is 54.9 Å². The van der Waals surface area contributed by atoms with Crippen molar-refractivity contribution in [3.05, 3.63) is 82.6 Å². The molecule has 4 aromatic rings. The molecule has 3 aromatic carbocycles. The minimum atomic E-state index is -4.60. The van der Waals surface area contributed by atoms with Gasteiger partial charge in [-0.05, 0) is 42.5 Å². The maximum absolute atomic E-state index is 13.9. The minimum absolute atomic E-state index is 0.228. The van der Waals surface area contributed by atoms with Gasteiger partial charge < -0.3 is 5.32 Å². The van der Waals surface area contributed by atoms with Gasteiger partial charge in [0, 0.05) is 15.4 Å². The highest BCUT2D eigenvalue weighted by atomic mass is 79.9. The molecule has 0 aliphatic heterocycles. The van der Waals surface area contributed by atoms with Gasteiger partial charge in [-0.1, -0.05) is 52.0 Å². The van der Waals surface area contributed by atoms with Crippen molar-refractivity contribution < 1.29 is 22.4 Å². The lowest BCUT2D eigenvalue weighted by atomic mass is 10.1. The Morgan fingerprint density at radius 3 is 2.45 bits per heavy atom. The number of amides is 1. The van der Waals surface area contributed by atoms with Crippen LogP contribution in [0, 0.1) is 5.82 Å². The number of benzene rings is 3. The fourth-order valence-electron chi connectivity index (χ4n) is 3.07. The van der Waals surface area contributed by atoms with E-state index < -0.39 is 23.5 Å². The lowest BCUT2D eigenvalue weighted by Crippen LogP contribution is -2.18. The maximum Gasteiger partial charge on any atom is 0.418 e. The third-order valence-corrected chi connectivity index (χ3v) is 6.09. The van der Waals surface area contributed by atoms with E-state index in [0.717, 1.165) is 27.9 Å². The van der Waals surface area contributed by atoms with Crippen LogP contribution in [0.5, 0.6) is 0 Å². The van der Waals surface area contributed by atoms with Gasteiger partial charge in [0.1, 0.15) is 10.8 Å². The van der Waals surface area contributed by atoms with E-state index in [-0.39, 0.29) is 11.4 Å². The van der Waals surface area contributed by atoms with Gasteiger partial charge in [0.15, 0.2) is 5.82 Å². The molecule has 33 heavy (non-hydrogen) atoms. The number of para-hydroxylation sites is 1. The van der Waals surface area contributed by atoms with Gasteiger partial charge in [-0.15, -0.1) is 0 Å². The van der Waals surface area contributed by atoms with Gasteiger partial charge in [0.05, 0.1) is 22.5 Å². The zero-order valence-corrected chi connectivity index (χ0v) is 19.1. The Morgan fingerprint density at radius 2 is 1.73 bits per heavy atom. The van der Waals surface area contributed by atoms with Crippen LogP contribution in [0.15, 0.2) is 76.2 Å². The lowest BCUT2D eigenvalue weighted by molar-refractivity contribution is -0.137. The molecular weight excluding hydrogens is 522 g/mol. The molecule has 1 aromatic heterocycles. The number of aromatic nitrogens is 2. The molecule has 0 atom stereocenters. The van der Waals surface area contributed by atoms with E-state index in [4.69, 9.17) is 0 Å². The van der Waals surface area contributed by atoms with Crippen molar-refractivity contribution in [1.82, 2.24) is 9.97 Å². The number of anilines is 1. The number of hydrogen-bond donors (Lipinski definition) is 1. The smallest absolute Gasteiger partial charge is 0.325 e. The maximum atomic E-state index is 13.9. The summed E-state index contributed by atoms with van der Waals surface area (Å²) in [4.78, 5) is 21.4. The average molecular weight is 536 g/mol. The first-order chi connectivity index (χ1) is 15.7. The molecule has 1 heterocycles. The van der Waals surface area contributed by atoms with Crippen LogP contribution in [-0.4, -0.2) is 21.6 Å². The first-order valence-corrected chi connectivity index (χ1v) is 11.3. The summed E-state index contributed by atoms with van der Waals surface area (Å²) >= 11 is 4.35. The van der Waals surface area contributed by atoms with E-state index in [1.54, 1.807) is 0 Å². The third-order valence-electron chi connectivity index (χ3n) is 4.57. The monoisotopic (exact) mass is 535 g/mol. The van der Waals surface area contributed by atoms with E-state index in [9.17, 15) is 22.4 Å². The van der Waals surface area contributed by atoms with Crippen LogP contribution < -0.4 is 5.32 Å². The Kier molecular flexibility index (Phi) is 6.66. The molecule has 0 saturated heterocycles. The van der Waals surface area contributed by atoms with E-state index in [1.807, 2.05) is 24.3 Å². The summed E-state index contributed by atoms with van der Waals surface area (Å²) in [6.07, 6.45) is -4.60. The van der Waals surface area contributed by atoms with Crippen molar-refractivity contribution in [1.29, 1.82) is 0 Å². The molecule has 168 valence electrons. The van der Waals surface area contributed by atoms with Crippen LogP contribution in [0.25, 0.3) is 22.3 Å². The fourth-order valence-corrected chi connectivity index (χ4v) is 4.14. The predicted octanol–water partition coefficient (Wildman–Crippen LogP) is 6.95. The molecular formula is C23H14BrF4N3OS. The number of hydrogen-bond acceptors (Lipinski definition) is 4. The standard InChI is InChI=1S/C23H14BrF4N3OS/c24-14-7-5-13(6-8-14)21-30-18-10-9-15(25)11-16(18)22(31-21)33-12-20(32)29-19-4-2-1-3-17(19)23(26,27)28/h1-11H,12H2,(H,29,32). The van der Waals surface area contributed by atoms with Gasteiger partial charge >= 0.3 is 6.18 Å². The molecule has 0 saturated carbocycles. The molecule has 1 N–H and O–H groups in total. The van der Waals surface area contributed by atoms with E-state index >= 15 is 0 Å². The highest BCUT2D eigenvalue weighted by molar-refractivity contribution is 9.10. The molecule has 0 fully saturated rings. The van der Waals surface area contributed by atoms with Crippen LogP contribution in [0.2, 0.25) is 0 Å². The van der Waals surface area contributed by atoms with Crippen molar-refractivity contribution in [2.24, 2.45) is 0 Å². The molecule has 1 amide bonds. The molecule has 10 heteroatoms. The molecule has 0 radical (unpaired) electrons. The largest absolute Gasteiger partial charge is 0.418 e. The number of carbonyl (C=O) groups is 1. The van der Waals surface area contributed by atoms with Gasteiger partial charge in [-0.2, -0.15) is 13.2 Å². The number of nitrogens with one attached hydrogen (secondary N) is 1. The predicted molar refractivity (Wildman–Crippen MR) is 123 cm³/mol. The van der Waals surface area contributed by atoms with Crippen molar-refractivity contribution >= 4 is 50.2 Å². The molecule has 0 unspecified atom stereocenters. The number of thioether (sulfide) groups is 1. The summed E-state index contributed by atoms with van der Waals surface area (Å²) in [5.74, 6) is -0.987. The Bertz CT molecular complexity index is 1330. The Hall–Kier alpha value is -2.98. The van der Waals surface area contributed by atoms with Crippen LogP contribution in [-0.2, 0) is 11.0 Å². The van der Waals surface area contributed by atoms with Crippen molar-refractivity contribution in [2.75, 3.05) is 11.1 Å². The normalized spacial score (nSPS) is 11.5. The van der Waals surface area contributed by atoms with E-state index in [0.29, 0.717) is 21.8 Å². The Labute approximate surface area is 198 Å². The lowest BCUT2D eigenvalue weighted by Gasteiger charge is -2.13. The Balaban J connectivity index is 1.61. The summed E-state index contributed by atoms with van der Waals surface area (Å²) in [6.45, 7) is 0. The van der Waals surface area contributed by atoms with Crippen molar-refractivity contribution in [2.45, 2.75) is 11.2 Å². The van der Waals surface area contributed by atoms with Gasteiger partial charge in [-0.25, -0.2) is 14.4 Å². The van der Waals surface area contributed by atoms with Crippen LogP contribution >= 0.6 is 27.7 Å². The second-order valence-electron chi connectivity index (χ2n) is 6.90. The number of fused-ring (bicyclic) bond motifs is 1. The number of alkyl halides is 3. The first-order valence-electron chi connectivity index (χ1n) is 9.53. The van der Waals surface area contributed by atoms with E-state index in [2.05, 4.69) is 31.2 Å². The van der Waals surface area contributed by atoms with Gasteiger partial charge in [0.2, 0.25) is 5.91 Å². The molecule has 0 aliphatic rings. The minimum Gasteiger partial charge on any atom is -0.325 e. The summed E-state index contributed by atoms with van der Waals surface area (Å²) in [6, 6.07) is 16.1. The highest BCUT2D eigenvalue weighted by Crippen LogP contribution is 2.35. The van der Waals surface area contributed by atoms with Gasteiger partial charge in [0.25, 0.3) is 0 Å². The van der Waals surface area contributed by atoms with Crippen LogP contribution in [0.1, 0.15) is 5.56 Å². The van der Waals surface area contributed by atoms with Crippen LogP contribution in [0.4, 0.5) is 23.2 Å². The fraction of sp³-hybridized carbons (Fsp3) is 0.0870. The molecule has 4 nitrogen and oxygen atoms in total. The molecule has 0 aliphatic carbocycles. The molecule has 0 spiro atoms. The summed E-state index contributed by atoms with van der Waals surface area (Å²) in [5.41, 5.74) is -0.0651. The highest BCUT2D eigenvalue weighted by Gasteiger charge is 2.33. The van der Waals surface area contributed by atoms with Gasteiger partial charge in [-0.3, -0.25) is 4.79 Å². The molecule has 4 rings (SSSR count). The first kappa shape index (κ1) is 23.2. The second-order valence-corrected chi connectivity index (χ2v) is 8.78. The Morgan fingerprint density at radius 1 is 1.00 bits per heavy atom. The SMILES string of the molecule is O=C(CSc1nc(-c2ccc(Br)cc2)nc2ccc(F)cc12)Nc1ccccc1C(F)(F)F. The molecule has 0 bridgehead atoms. The summed E-state index contributed by atoms with van der Waals surface area (Å²) < 4.78 is 54.3. The van der Waals surface area contributed by atoms with Crippen LogP contribution in [0.3, 0.4) is 0 Å².